The number of nitrogens with zero attached hydrogens (tertiary/aromatic N) is 2. The zero-order chi connectivity index (χ0) is 24.6. The van der Waals surface area contributed by atoms with Crippen LogP contribution in [-0.2, 0) is 14.3 Å². The fourth-order valence-corrected chi connectivity index (χ4v) is 3.57. The molecule has 3 amide bonds. The van der Waals surface area contributed by atoms with Crippen molar-refractivity contribution in [3.05, 3.63) is 33.9 Å². The molecule has 0 bridgehead atoms. The number of hydrogen-bond acceptors (Lipinski definition) is 7. The first-order valence-electron chi connectivity index (χ1n) is 11.0. The first-order valence-corrected chi connectivity index (χ1v) is 11.0. The van der Waals surface area contributed by atoms with Crippen LogP contribution in [0.5, 0.6) is 0 Å². The van der Waals surface area contributed by atoms with Gasteiger partial charge in [0.25, 0.3) is 5.69 Å². The van der Waals surface area contributed by atoms with Gasteiger partial charge in [0.1, 0.15) is 5.60 Å². The first kappa shape index (κ1) is 26.0. The standard InChI is InChI=1S/C22H33N5O6/c1-15-17(8-5-9-18(15)27(31)32)25-19(28)14-26-12-6-7-16(13-26)20(29)23-10-11-24-21(30)33-22(2,3)4/h5,8-9,16H,6-7,10-14H2,1-4H3,(H,23,29)(H,24,30)(H,25,28). The van der Waals surface area contributed by atoms with Gasteiger partial charge in [-0.2, -0.15) is 0 Å². The van der Waals surface area contributed by atoms with Gasteiger partial charge in [0.2, 0.25) is 11.8 Å². The second kappa shape index (κ2) is 11.6. The number of benzene rings is 1. The van der Waals surface area contributed by atoms with Crippen molar-refractivity contribution < 1.29 is 24.0 Å². The lowest BCUT2D eigenvalue weighted by molar-refractivity contribution is -0.385. The number of amides is 3. The maximum absolute atomic E-state index is 12.5. The molecule has 11 heteroatoms. The second-order valence-corrected chi connectivity index (χ2v) is 9.05. The topological polar surface area (TPSA) is 143 Å². The summed E-state index contributed by atoms with van der Waals surface area (Å²) in [5.74, 6) is -0.672. The third-order valence-corrected chi connectivity index (χ3v) is 5.11. The zero-order valence-corrected chi connectivity index (χ0v) is 19.6. The minimum Gasteiger partial charge on any atom is -0.444 e. The van der Waals surface area contributed by atoms with Gasteiger partial charge in [0.15, 0.2) is 0 Å². The van der Waals surface area contributed by atoms with E-state index >= 15 is 0 Å². The third-order valence-electron chi connectivity index (χ3n) is 5.11. The number of carbonyl (C=O) groups is 3. The zero-order valence-electron chi connectivity index (χ0n) is 19.6. The van der Waals surface area contributed by atoms with E-state index in [2.05, 4.69) is 16.0 Å². The van der Waals surface area contributed by atoms with E-state index in [4.69, 9.17) is 4.74 Å². The van der Waals surface area contributed by atoms with Gasteiger partial charge in [-0.15, -0.1) is 0 Å². The quantitative estimate of drug-likeness (QED) is 0.305. The van der Waals surface area contributed by atoms with E-state index in [1.807, 2.05) is 4.90 Å². The minimum atomic E-state index is -0.584. The fraction of sp³-hybridized carbons (Fsp3) is 0.591. The van der Waals surface area contributed by atoms with Crippen LogP contribution in [0.2, 0.25) is 0 Å². The Bertz CT molecular complexity index is 883. The highest BCUT2D eigenvalue weighted by molar-refractivity contribution is 5.93. The van der Waals surface area contributed by atoms with E-state index in [0.717, 1.165) is 6.42 Å². The van der Waals surface area contributed by atoms with Crippen molar-refractivity contribution in [2.45, 2.75) is 46.1 Å². The molecule has 2 rings (SSSR count). The van der Waals surface area contributed by atoms with Crippen LogP contribution < -0.4 is 16.0 Å². The number of likely N-dealkylation sites (tertiary alicyclic amines) is 1. The lowest BCUT2D eigenvalue weighted by Gasteiger charge is -2.31. The monoisotopic (exact) mass is 463 g/mol. The molecule has 1 aliphatic rings. The molecular weight excluding hydrogens is 430 g/mol. The van der Waals surface area contributed by atoms with E-state index < -0.39 is 16.6 Å². The molecule has 0 aromatic heterocycles. The van der Waals surface area contributed by atoms with Crippen LogP contribution in [0.4, 0.5) is 16.2 Å². The summed E-state index contributed by atoms with van der Waals surface area (Å²) >= 11 is 0. The number of nitro benzene ring substituents is 1. The fourth-order valence-electron chi connectivity index (χ4n) is 3.57. The van der Waals surface area contributed by atoms with Crippen LogP contribution in [0.25, 0.3) is 0 Å². The molecular formula is C22H33N5O6. The van der Waals surface area contributed by atoms with Gasteiger partial charge in [-0.1, -0.05) is 6.07 Å². The normalized spacial score (nSPS) is 16.5. The molecule has 1 atom stereocenters. The van der Waals surface area contributed by atoms with Crippen LogP contribution in [0.15, 0.2) is 18.2 Å². The summed E-state index contributed by atoms with van der Waals surface area (Å²) in [6, 6.07) is 4.54. The lowest BCUT2D eigenvalue weighted by Crippen LogP contribution is -2.46. The number of alkyl carbamates (subject to hydrolysis) is 1. The predicted molar refractivity (Wildman–Crippen MR) is 123 cm³/mol. The van der Waals surface area contributed by atoms with Crippen molar-refractivity contribution in [1.29, 1.82) is 0 Å². The van der Waals surface area contributed by atoms with Gasteiger partial charge >= 0.3 is 6.09 Å². The number of rotatable bonds is 8. The molecule has 11 nitrogen and oxygen atoms in total. The summed E-state index contributed by atoms with van der Waals surface area (Å²) in [4.78, 5) is 49.1. The Morgan fingerprint density at radius 3 is 2.58 bits per heavy atom. The summed E-state index contributed by atoms with van der Waals surface area (Å²) in [6.45, 7) is 8.65. The van der Waals surface area contributed by atoms with Crippen molar-refractivity contribution in [1.82, 2.24) is 15.5 Å². The molecule has 0 spiro atoms. The Morgan fingerprint density at radius 1 is 1.21 bits per heavy atom. The third kappa shape index (κ3) is 8.68. The molecule has 3 N–H and O–H groups in total. The minimum absolute atomic E-state index is 0.0522. The first-order chi connectivity index (χ1) is 15.5. The summed E-state index contributed by atoms with van der Waals surface area (Å²) < 4.78 is 5.14. The molecule has 1 heterocycles. The molecule has 0 radical (unpaired) electrons. The summed E-state index contributed by atoms with van der Waals surface area (Å²) in [5, 5.41) is 19.2. The van der Waals surface area contributed by atoms with Gasteiger partial charge < -0.3 is 20.7 Å². The largest absolute Gasteiger partial charge is 0.444 e. The SMILES string of the molecule is Cc1c(NC(=O)CN2CCCC(C(=O)NCCNC(=O)OC(C)(C)C)C2)cccc1[N+](=O)[O-]. The van der Waals surface area contributed by atoms with E-state index in [-0.39, 0.29) is 43.1 Å². The highest BCUT2D eigenvalue weighted by Gasteiger charge is 2.27. The van der Waals surface area contributed by atoms with Crippen LogP contribution >= 0.6 is 0 Å². The summed E-state index contributed by atoms with van der Waals surface area (Å²) in [5.41, 5.74) is 0.160. The Balaban J connectivity index is 1.78. The van der Waals surface area contributed by atoms with Crippen LogP contribution in [0, 0.1) is 23.0 Å². The number of nitro groups is 1. The van der Waals surface area contributed by atoms with E-state index in [0.29, 0.717) is 30.8 Å². The van der Waals surface area contributed by atoms with Crippen LogP contribution in [-0.4, -0.2) is 66.1 Å². The number of ether oxygens (including phenoxy) is 1. The van der Waals surface area contributed by atoms with E-state index in [9.17, 15) is 24.5 Å². The van der Waals surface area contributed by atoms with Gasteiger partial charge in [-0.3, -0.25) is 24.6 Å². The lowest BCUT2D eigenvalue weighted by atomic mass is 9.97. The van der Waals surface area contributed by atoms with Crippen molar-refractivity contribution in [3.8, 4) is 0 Å². The molecule has 0 saturated carbocycles. The Labute approximate surface area is 193 Å². The number of hydrogen-bond donors (Lipinski definition) is 3. The molecule has 1 aliphatic heterocycles. The Kier molecular flexibility index (Phi) is 9.15. The van der Waals surface area contributed by atoms with E-state index in [1.54, 1.807) is 33.8 Å². The number of carbonyl (C=O) groups excluding carboxylic acids is 3. The highest BCUT2D eigenvalue weighted by Crippen LogP contribution is 2.25. The molecule has 33 heavy (non-hydrogen) atoms. The maximum atomic E-state index is 12.5. The predicted octanol–water partition coefficient (Wildman–Crippen LogP) is 2.19. The summed E-state index contributed by atoms with van der Waals surface area (Å²) in [7, 11) is 0. The van der Waals surface area contributed by atoms with Crippen molar-refractivity contribution >= 4 is 29.3 Å². The van der Waals surface area contributed by atoms with Gasteiger partial charge in [-0.05, 0) is 53.1 Å². The number of piperidine rings is 1. The van der Waals surface area contributed by atoms with Gasteiger partial charge in [0, 0.05) is 25.7 Å². The molecule has 1 unspecified atom stereocenters. The number of nitrogens with one attached hydrogen (secondary N) is 3. The molecule has 1 aromatic rings. The molecule has 1 aromatic carbocycles. The van der Waals surface area contributed by atoms with Gasteiger partial charge in [-0.25, -0.2) is 4.79 Å². The van der Waals surface area contributed by atoms with Gasteiger partial charge in [0.05, 0.1) is 28.6 Å². The number of anilines is 1. The highest BCUT2D eigenvalue weighted by atomic mass is 16.6. The molecule has 1 saturated heterocycles. The smallest absolute Gasteiger partial charge is 0.407 e. The van der Waals surface area contributed by atoms with Crippen molar-refractivity contribution in [2.75, 3.05) is 38.0 Å². The van der Waals surface area contributed by atoms with Crippen molar-refractivity contribution in [3.63, 3.8) is 0 Å². The molecule has 0 aliphatic carbocycles. The molecule has 182 valence electrons. The maximum Gasteiger partial charge on any atom is 0.407 e. The van der Waals surface area contributed by atoms with Crippen molar-refractivity contribution in [2.24, 2.45) is 5.92 Å². The average molecular weight is 464 g/mol. The Morgan fingerprint density at radius 2 is 1.91 bits per heavy atom. The summed E-state index contributed by atoms with van der Waals surface area (Å²) in [6.07, 6.45) is 0.954. The Hall–Kier alpha value is -3.21. The average Bonchev–Trinajstić information content (AvgIpc) is 2.71. The van der Waals surface area contributed by atoms with E-state index in [1.165, 1.54) is 12.1 Å². The van der Waals surface area contributed by atoms with Crippen LogP contribution in [0.3, 0.4) is 0 Å². The second-order valence-electron chi connectivity index (χ2n) is 9.05. The van der Waals surface area contributed by atoms with Crippen LogP contribution in [0.1, 0.15) is 39.2 Å². The molecule has 1 fully saturated rings.